The summed E-state index contributed by atoms with van der Waals surface area (Å²) < 4.78 is 0. The lowest BCUT2D eigenvalue weighted by Gasteiger charge is -2.31. The maximum absolute atomic E-state index is 8.72. The van der Waals surface area contributed by atoms with E-state index >= 15 is 0 Å². The van der Waals surface area contributed by atoms with Crippen LogP contribution >= 0.6 is 11.8 Å². The van der Waals surface area contributed by atoms with Crippen LogP contribution in [0.3, 0.4) is 0 Å². The first-order valence-electron chi connectivity index (χ1n) is 7.07. The first-order chi connectivity index (χ1) is 9.74. The Bertz CT molecular complexity index is 464. The fourth-order valence-electron chi connectivity index (χ4n) is 2.76. The molecule has 0 saturated heterocycles. The smallest absolute Gasteiger partial charge is 0.170 e. The molecule has 110 valence electrons. The van der Waals surface area contributed by atoms with E-state index in [9.17, 15) is 0 Å². The molecule has 2 atom stereocenters. The molecule has 1 aliphatic carbocycles. The number of nitrogens with zero attached hydrogens (tertiary/aromatic N) is 1. The lowest BCUT2D eigenvalue weighted by molar-refractivity contribution is 0.318. The summed E-state index contributed by atoms with van der Waals surface area (Å²) in [6, 6.07) is 8.42. The van der Waals surface area contributed by atoms with Gasteiger partial charge >= 0.3 is 0 Å². The Morgan fingerprint density at radius 2 is 2.25 bits per heavy atom. The number of hydrogen-bond donors (Lipinski definition) is 3. The van der Waals surface area contributed by atoms with Gasteiger partial charge in [0.1, 0.15) is 0 Å². The third-order valence-electron chi connectivity index (χ3n) is 3.90. The summed E-state index contributed by atoms with van der Waals surface area (Å²) >= 11 is 1.97. The van der Waals surface area contributed by atoms with Crippen LogP contribution in [0.2, 0.25) is 0 Å². The Labute approximate surface area is 124 Å². The molecule has 2 rings (SSSR count). The van der Waals surface area contributed by atoms with Crippen molar-refractivity contribution < 1.29 is 5.21 Å². The van der Waals surface area contributed by atoms with Crippen LogP contribution in [-0.4, -0.2) is 28.6 Å². The molecule has 0 amide bonds. The Kier molecular flexibility index (Phi) is 5.73. The van der Waals surface area contributed by atoms with E-state index in [-0.39, 0.29) is 5.84 Å². The molecule has 1 aliphatic rings. The predicted molar refractivity (Wildman–Crippen MR) is 85.4 cm³/mol. The lowest BCUT2D eigenvalue weighted by Crippen LogP contribution is -2.39. The van der Waals surface area contributed by atoms with E-state index in [1.165, 1.54) is 31.2 Å². The quantitative estimate of drug-likeness (QED) is 0.338. The van der Waals surface area contributed by atoms with Gasteiger partial charge in [0.2, 0.25) is 0 Å². The average Bonchev–Trinajstić information content (AvgIpc) is 2.52. The SMILES string of the molecule is CSC1CCCCC1NCc1cccc(/C(N)=N/O)c1. The highest BCUT2D eigenvalue weighted by atomic mass is 32.2. The summed E-state index contributed by atoms with van der Waals surface area (Å²) in [6.45, 7) is 0.828. The Morgan fingerprint density at radius 3 is 3.00 bits per heavy atom. The molecule has 0 radical (unpaired) electrons. The largest absolute Gasteiger partial charge is 0.409 e. The van der Waals surface area contributed by atoms with Crippen LogP contribution in [0.1, 0.15) is 36.8 Å². The van der Waals surface area contributed by atoms with Crippen molar-refractivity contribution in [3.05, 3.63) is 35.4 Å². The minimum atomic E-state index is 0.159. The van der Waals surface area contributed by atoms with Gasteiger partial charge in [-0.05, 0) is 30.7 Å². The van der Waals surface area contributed by atoms with Gasteiger partial charge in [0.15, 0.2) is 5.84 Å². The highest BCUT2D eigenvalue weighted by molar-refractivity contribution is 7.99. The normalized spacial score (nSPS) is 23.8. The molecule has 0 spiro atoms. The fourth-order valence-corrected chi connectivity index (χ4v) is 3.72. The molecular weight excluding hydrogens is 270 g/mol. The number of hydrogen-bond acceptors (Lipinski definition) is 4. The zero-order chi connectivity index (χ0) is 14.4. The maximum Gasteiger partial charge on any atom is 0.170 e. The topological polar surface area (TPSA) is 70.6 Å². The fraction of sp³-hybridized carbons (Fsp3) is 0.533. The number of amidine groups is 1. The van der Waals surface area contributed by atoms with Gasteiger partial charge in [0, 0.05) is 23.4 Å². The third kappa shape index (κ3) is 3.90. The van der Waals surface area contributed by atoms with Crippen LogP contribution in [0.5, 0.6) is 0 Å². The Hall–Kier alpha value is -1.20. The van der Waals surface area contributed by atoms with Crippen LogP contribution in [-0.2, 0) is 6.54 Å². The van der Waals surface area contributed by atoms with Crippen LogP contribution in [0.15, 0.2) is 29.4 Å². The number of rotatable bonds is 5. The van der Waals surface area contributed by atoms with Crippen molar-refractivity contribution in [2.75, 3.05) is 6.26 Å². The minimum Gasteiger partial charge on any atom is -0.409 e. The van der Waals surface area contributed by atoms with E-state index in [0.717, 1.165) is 17.4 Å². The molecule has 0 aliphatic heterocycles. The Balaban J connectivity index is 1.96. The van der Waals surface area contributed by atoms with Crippen LogP contribution in [0.25, 0.3) is 0 Å². The van der Waals surface area contributed by atoms with E-state index in [0.29, 0.717) is 6.04 Å². The average molecular weight is 293 g/mol. The number of nitrogens with one attached hydrogen (secondary N) is 1. The summed E-state index contributed by atoms with van der Waals surface area (Å²) in [5, 5.41) is 16.1. The summed E-state index contributed by atoms with van der Waals surface area (Å²) in [7, 11) is 0. The van der Waals surface area contributed by atoms with Crippen LogP contribution < -0.4 is 11.1 Å². The molecular formula is C15H23N3OS. The number of nitrogens with two attached hydrogens (primary N) is 1. The van der Waals surface area contributed by atoms with Gasteiger partial charge in [-0.15, -0.1) is 0 Å². The van der Waals surface area contributed by atoms with Gasteiger partial charge < -0.3 is 16.3 Å². The van der Waals surface area contributed by atoms with Gasteiger partial charge in [-0.25, -0.2) is 0 Å². The second-order valence-electron chi connectivity index (χ2n) is 5.23. The van der Waals surface area contributed by atoms with Gasteiger partial charge in [0.25, 0.3) is 0 Å². The molecule has 1 aromatic carbocycles. The van der Waals surface area contributed by atoms with E-state index in [2.05, 4.69) is 22.8 Å². The summed E-state index contributed by atoms with van der Waals surface area (Å²) in [5.41, 5.74) is 7.55. The third-order valence-corrected chi connectivity index (χ3v) is 5.07. The maximum atomic E-state index is 8.72. The standard InChI is InChI=1S/C15H23N3OS/c1-20-14-8-3-2-7-13(14)17-10-11-5-4-6-12(9-11)15(16)18-19/h4-6,9,13-14,17,19H,2-3,7-8,10H2,1H3,(H2,16,18). The number of benzene rings is 1. The van der Waals surface area contributed by atoms with Crippen molar-refractivity contribution in [2.45, 2.75) is 43.5 Å². The van der Waals surface area contributed by atoms with Gasteiger partial charge in [-0.2, -0.15) is 11.8 Å². The second kappa shape index (κ2) is 7.55. The molecule has 1 fully saturated rings. The van der Waals surface area contributed by atoms with E-state index in [1.807, 2.05) is 30.0 Å². The van der Waals surface area contributed by atoms with E-state index in [4.69, 9.17) is 10.9 Å². The Morgan fingerprint density at radius 1 is 1.45 bits per heavy atom. The summed E-state index contributed by atoms with van der Waals surface area (Å²) in [6.07, 6.45) is 7.43. The van der Waals surface area contributed by atoms with Crippen molar-refractivity contribution in [3.8, 4) is 0 Å². The van der Waals surface area contributed by atoms with Crippen molar-refractivity contribution in [1.82, 2.24) is 5.32 Å². The van der Waals surface area contributed by atoms with Crippen molar-refractivity contribution in [3.63, 3.8) is 0 Å². The van der Waals surface area contributed by atoms with Crippen molar-refractivity contribution in [2.24, 2.45) is 10.9 Å². The van der Waals surface area contributed by atoms with Crippen molar-refractivity contribution >= 4 is 17.6 Å². The van der Waals surface area contributed by atoms with Crippen molar-refractivity contribution in [1.29, 1.82) is 0 Å². The van der Waals surface area contributed by atoms with Gasteiger partial charge in [0.05, 0.1) is 0 Å². The molecule has 4 nitrogen and oxygen atoms in total. The highest BCUT2D eigenvalue weighted by Gasteiger charge is 2.23. The lowest BCUT2D eigenvalue weighted by atomic mass is 9.94. The predicted octanol–water partition coefficient (Wildman–Crippen LogP) is 2.54. The summed E-state index contributed by atoms with van der Waals surface area (Å²) in [4.78, 5) is 0. The van der Waals surface area contributed by atoms with Crippen LogP contribution in [0.4, 0.5) is 0 Å². The highest BCUT2D eigenvalue weighted by Crippen LogP contribution is 2.27. The molecule has 1 aromatic rings. The van der Waals surface area contributed by atoms with E-state index < -0.39 is 0 Å². The van der Waals surface area contributed by atoms with E-state index in [1.54, 1.807) is 0 Å². The zero-order valence-electron chi connectivity index (χ0n) is 11.9. The molecule has 2 unspecified atom stereocenters. The molecule has 1 saturated carbocycles. The zero-order valence-corrected chi connectivity index (χ0v) is 12.7. The summed E-state index contributed by atoms with van der Waals surface area (Å²) in [5.74, 6) is 0.159. The molecule has 20 heavy (non-hydrogen) atoms. The molecule has 0 bridgehead atoms. The number of thioether (sulfide) groups is 1. The molecule has 0 aromatic heterocycles. The van der Waals surface area contributed by atoms with Gasteiger partial charge in [-0.3, -0.25) is 0 Å². The first-order valence-corrected chi connectivity index (χ1v) is 8.36. The second-order valence-corrected chi connectivity index (χ2v) is 6.31. The minimum absolute atomic E-state index is 0.159. The van der Waals surface area contributed by atoms with Crippen LogP contribution in [0, 0.1) is 0 Å². The molecule has 4 N–H and O–H groups in total. The van der Waals surface area contributed by atoms with Gasteiger partial charge in [-0.1, -0.05) is 36.2 Å². The number of oxime groups is 1. The molecule has 0 heterocycles. The monoisotopic (exact) mass is 293 g/mol. The first kappa shape index (κ1) is 15.2. The molecule has 5 heteroatoms.